The number of carbonyl (C=O) groups is 2. The number of carboxylic acids is 1. The first kappa shape index (κ1) is 26.1. The number of nitrogens with zero attached hydrogens (tertiary/aromatic N) is 2. The molecule has 0 aliphatic rings. The van der Waals surface area contributed by atoms with Crippen LogP contribution in [0.5, 0.6) is 0 Å². The molecule has 2 unspecified atom stereocenters. The van der Waals surface area contributed by atoms with Crippen molar-refractivity contribution in [3.63, 3.8) is 0 Å². The number of amides is 1. The maximum atomic E-state index is 12.2. The lowest BCUT2D eigenvalue weighted by molar-refractivity contribution is -0.137. The number of hydrogen-bond acceptors (Lipinski definition) is 8. The summed E-state index contributed by atoms with van der Waals surface area (Å²) < 4.78 is 0. The van der Waals surface area contributed by atoms with E-state index in [1.165, 1.54) is 0 Å². The SMILES string of the molecule is CC(N=O)C(C)(C)NCC(CNC(C)(C)C(C)N=O)NC(=O)CCCC(=O)O. The molecule has 0 aromatic heterocycles. The van der Waals surface area contributed by atoms with Crippen molar-refractivity contribution in [2.24, 2.45) is 10.4 Å². The third-order valence-electron chi connectivity index (χ3n) is 5.17. The summed E-state index contributed by atoms with van der Waals surface area (Å²) in [7, 11) is 0. The molecule has 2 atom stereocenters. The Hall–Kier alpha value is -1.94. The van der Waals surface area contributed by atoms with Gasteiger partial charge in [-0.05, 0) is 48.0 Å². The summed E-state index contributed by atoms with van der Waals surface area (Å²) in [4.78, 5) is 44.5. The van der Waals surface area contributed by atoms with Crippen LogP contribution in [0.4, 0.5) is 0 Å². The zero-order valence-corrected chi connectivity index (χ0v) is 17.7. The van der Waals surface area contributed by atoms with Crippen LogP contribution in [0.3, 0.4) is 0 Å². The number of nitrogens with one attached hydrogen (secondary N) is 3. The number of aliphatic carboxylic acids is 1. The van der Waals surface area contributed by atoms with E-state index in [2.05, 4.69) is 26.3 Å². The normalized spacial score (nSPS) is 15.4. The number of rotatable bonds is 15. The standard InChI is InChI=1S/C18H35N5O5/c1-12(22-27)17(3,4)19-10-14(11-20-18(5,6)13(2)23-28)21-15(24)8-7-9-16(25)26/h12-14,19-20H,7-11H2,1-6H3,(H,21,24)(H,25,26). The zero-order valence-electron chi connectivity index (χ0n) is 17.7. The second-order valence-electron chi connectivity index (χ2n) is 8.28. The van der Waals surface area contributed by atoms with Crippen molar-refractivity contribution < 1.29 is 14.7 Å². The van der Waals surface area contributed by atoms with Gasteiger partial charge in [0, 0.05) is 37.0 Å². The van der Waals surface area contributed by atoms with E-state index < -0.39 is 29.1 Å². The first-order valence-electron chi connectivity index (χ1n) is 9.51. The third kappa shape index (κ3) is 9.84. The molecule has 10 nitrogen and oxygen atoms in total. The summed E-state index contributed by atoms with van der Waals surface area (Å²) in [6.07, 6.45) is 0.289. The molecule has 1 amide bonds. The van der Waals surface area contributed by atoms with Crippen LogP contribution in [0, 0.1) is 9.81 Å². The monoisotopic (exact) mass is 401 g/mol. The van der Waals surface area contributed by atoms with Gasteiger partial charge in [-0.2, -0.15) is 9.81 Å². The fraction of sp³-hybridized carbons (Fsp3) is 0.889. The minimum atomic E-state index is -0.943. The Morgan fingerprint density at radius 2 is 1.32 bits per heavy atom. The van der Waals surface area contributed by atoms with Crippen molar-refractivity contribution in [2.75, 3.05) is 13.1 Å². The fourth-order valence-electron chi connectivity index (χ4n) is 2.21. The molecule has 0 saturated heterocycles. The lowest BCUT2D eigenvalue weighted by Crippen LogP contribution is -2.58. The van der Waals surface area contributed by atoms with Crippen molar-refractivity contribution in [2.45, 2.75) is 90.0 Å². The third-order valence-corrected chi connectivity index (χ3v) is 5.17. The Balaban J connectivity index is 4.95. The lowest BCUT2D eigenvalue weighted by atomic mass is 9.95. The van der Waals surface area contributed by atoms with Crippen LogP contribution in [-0.4, -0.2) is 59.3 Å². The van der Waals surface area contributed by atoms with Gasteiger partial charge in [0.15, 0.2) is 0 Å². The highest BCUT2D eigenvalue weighted by Gasteiger charge is 2.30. The van der Waals surface area contributed by atoms with E-state index in [1.807, 2.05) is 27.7 Å². The minimum absolute atomic E-state index is 0.0698. The summed E-state index contributed by atoms with van der Waals surface area (Å²) in [6, 6.07) is -1.28. The van der Waals surface area contributed by atoms with Crippen molar-refractivity contribution in [3.8, 4) is 0 Å². The van der Waals surface area contributed by atoms with Gasteiger partial charge in [0.1, 0.15) is 12.1 Å². The average Bonchev–Trinajstić information content (AvgIpc) is 2.61. The molecule has 0 fully saturated rings. The molecule has 28 heavy (non-hydrogen) atoms. The van der Waals surface area contributed by atoms with Crippen molar-refractivity contribution in [3.05, 3.63) is 9.81 Å². The van der Waals surface area contributed by atoms with Crippen LogP contribution in [0.15, 0.2) is 10.4 Å². The second kappa shape index (κ2) is 11.8. The molecular formula is C18H35N5O5. The van der Waals surface area contributed by atoms with Crippen molar-refractivity contribution >= 4 is 11.9 Å². The molecule has 0 spiro atoms. The molecule has 10 heteroatoms. The van der Waals surface area contributed by atoms with Gasteiger partial charge in [-0.1, -0.05) is 10.4 Å². The number of carbonyl (C=O) groups excluding carboxylic acids is 1. The smallest absolute Gasteiger partial charge is 0.303 e. The van der Waals surface area contributed by atoms with E-state index >= 15 is 0 Å². The molecule has 0 aliphatic heterocycles. The molecule has 0 aromatic carbocycles. The molecule has 162 valence electrons. The van der Waals surface area contributed by atoms with Crippen LogP contribution in [0.25, 0.3) is 0 Å². The Kier molecular flexibility index (Phi) is 11.0. The van der Waals surface area contributed by atoms with Gasteiger partial charge in [-0.15, -0.1) is 0 Å². The second-order valence-corrected chi connectivity index (χ2v) is 8.28. The highest BCUT2D eigenvalue weighted by molar-refractivity contribution is 5.77. The quantitative estimate of drug-likeness (QED) is 0.305. The molecular weight excluding hydrogens is 366 g/mol. The summed E-state index contributed by atoms with van der Waals surface area (Å²) in [5.74, 6) is -1.20. The Morgan fingerprint density at radius 1 is 0.893 bits per heavy atom. The molecule has 0 heterocycles. The van der Waals surface area contributed by atoms with E-state index in [0.717, 1.165) is 0 Å². The maximum Gasteiger partial charge on any atom is 0.303 e. The fourth-order valence-corrected chi connectivity index (χ4v) is 2.21. The van der Waals surface area contributed by atoms with E-state index in [-0.39, 0.29) is 31.2 Å². The lowest BCUT2D eigenvalue weighted by Gasteiger charge is -2.34. The van der Waals surface area contributed by atoms with Crippen molar-refractivity contribution in [1.29, 1.82) is 0 Å². The van der Waals surface area contributed by atoms with Gasteiger partial charge in [0.25, 0.3) is 0 Å². The van der Waals surface area contributed by atoms with Gasteiger partial charge in [0.2, 0.25) is 5.91 Å². The highest BCUT2D eigenvalue weighted by atomic mass is 16.4. The van der Waals surface area contributed by atoms with Crippen LogP contribution in [-0.2, 0) is 9.59 Å². The van der Waals surface area contributed by atoms with E-state index in [4.69, 9.17) is 5.11 Å². The largest absolute Gasteiger partial charge is 0.481 e. The molecule has 0 radical (unpaired) electrons. The van der Waals surface area contributed by atoms with Gasteiger partial charge in [-0.25, -0.2) is 0 Å². The van der Waals surface area contributed by atoms with Gasteiger partial charge in [-0.3, -0.25) is 9.59 Å². The predicted molar refractivity (Wildman–Crippen MR) is 108 cm³/mol. The van der Waals surface area contributed by atoms with Gasteiger partial charge < -0.3 is 21.1 Å². The first-order valence-corrected chi connectivity index (χ1v) is 9.51. The summed E-state index contributed by atoms with van der Waals surface area (Å²) in [5.41, 5.74) is -1.14. The van der Waals surface area contributed by atoms with Crippen molar-refractivity contribution in [1.82, 2.24) is 16.0 Å². The minimum Gasteiger partial charge on any atom is -0.481 e. The molecule has 4 N–H and O–H groups in total. The zero-order chi connectivity index (χ0) is 22.0. The van der Waals surface area contributed by atoms with Gasteiger partial charge in [0.05, 0.1) is 6.04 Å². The van der Waals surface area contributed by atoms with E-state index in [9.17, 15) is 19.4 Å². The summed E-state index contributed by atoms with van der Waals surface area (Å²) in [5, 5.41) is 24.2. The van der Waals surface area contributed by atoms with Gasteiger partial charge >= 0.3 is 5.97 Å². The highest BCUT2D eigenvalue weighted by Crippen LogP contribution is 2.13. The molecule has 0 rings (SSSR count). The molecule has 0 saturated carbocycles. The summed E-state index contributed by atoms with van der Waals surface area (Å²) in [6.45, 7) is 11.5. The molecule has 0 aromatic rings. The van der Waals surface area contributed by atoms with Crippen LogP contribution >= 0.6 is 0 Å². The Bertz CT molecular complexity index is 508. The van der Waals surface area contributed by atoms with Crippen LogP contribution in [0.2, 0.25) is 0 Å². The Labute approximate surface area is 166 Å². The molecule has 0 bridgehead atoms. The first-order chi connectivity index (χ1) is 12.9. The van der Waals surface area contributed by atoms with E-state index in [1.54, 1.807) is 13.8 Å². The van der Waals surface area contributed by atoms with Crippen LogP contribution < -0.4 is 16.0 Å². The van der Waals surface area contributed by atoms with Crippen LogP contribution in [0.1, 0.15) is 60.8 Å². The summed E-state index contributed by atoms with van der Waals surface area (Å²) >= 11 is 0. The average molecular weight is 402 g/mol. The van der Waals surface area contributed by atoms with E-state index in [0.29, 0.717) is 13.1 Å². The topological polar surface area (TPSA) is 149 Å². The maximum absolute atomic E-state index is 12.2. The number of carboxylic acid groups (broad SMARTS) is 1. The Morgan fingerprint density at radius 3 is 1.68 bits per heavy atom. The predicted octanol–water partition coefficient (Wildman–Crippen LogP) is 1.77. The molecule has 0 aliphatic carbocycles. The number of nitroso groups, excluding NO2 is 2. The number of hydrogen-bond donors (Lipinski definition) is 4.